The molecule has 10 aromatic carbocycles. The SMILES string of the molecule is c1ccc(-c2ccc3c4ccccc4n(-c4nc(-c5cc(-n6c7ccc8ccccc8c7c7c8ccccc8ccc76)cc6c5sc5ccccc56)nc5ccccc45)c3c2)cc1. The Bertz CT molecular complexity index is 4120. The summed E-state index contributed by atoms with van der Waals surface area (Å²) in [6.45, 7) is 0. The normalized spacial score (nSPS) is 12.1. The van der Waals surface area contributed by atoms with Gasteiger partial charge in [0.2, 0.25) is 0 Å². The van der Waals surface area contributed by atoms with Crippen LogP contribution in [0.5, 0.6) is 0 Å². The van der Waals surface area contributed by atoms with E-state index in [2.05, 4.69) is 215 Å². The monoisotopic (exact) mass is 818 g/mol. The van der Waals surface area contributed by atoms with Crippen molar-refractivity contribution < 1.29 is 0 Å². The summed E-state index contributed by atoms with van der Waals surface area (Å²) in [7, 11) is 0. The molecule has 5 heteroatoms. The molecule has 0 aliphatic carbocycles. The third kappa shape index (κ3) is 5.03. The molecule has 0 atom stereocenters. The number of hydrogen-bond acceptors (Lipinski definition) is 3. The molecule has 63 heavy (non-hydrogen) atoms. The molecule has 0 unspecified atom stereocenters. The highest BCUT2D eigenvalue weighted by Gasteiger charge is 2.23. The largest absolute Gasteiger partial charge is 0.309 e. The maximum absolute atomic E-state index is 5.71. The first-order valence-corrected chi connectivity index (χ1v) is 22.2. The molecule has 0 saturated carbocycles. The van der Waals surface area contributed by atoms with Crippen LogP contribution in [0.3, 0.4) is 0 Å². The second kappa shape index (κ2) is 13.2. The van der Waals surface area contributed by atoms with Gasteiger partial charge >= 0.3 is 0 Å². The van der Waals surface area contributed by atoms with Crippen LogP contribution in [-0.4, -0.2) is 19.1 Å². The lowest BCUT2D eigenvalue weighted by Crippen LogP contribution is -2.03. The number of rotatable bonds is 4. The van der Waals surface area contributed by atoms with Crippen molar-refractivity contribution in [2.45, 2.75) is 0 Å². The Labute approximate surface area is 365 Å². The lowest BCUT2D eigenvalue weighted by Gasteiger charge is -2.15. The van der Waals surface area contributed by atoms with E-state index in [1.54, 1.807) is 0 Å². The van der Waals surface area contributed by atoms with Crippen molar-refractivity contribution in [1.82, 2.24) is 19.1 Å². The van der Waals surface area contributed by atoms with Gasteiger partial charge in [-0.2, -0.15) is 0 Å². The van der Waals surface area contributed by atoms with E-state index in [4.69, 9.17) is 9.97 Å². The first kappa shape index (κ1) is 34.6. The Kier molecular flexibility index (Phi) is 7.24. The summed E-state index contributed by atoms with van der Waals surface area (Å²) in [6, 6.07) is 74.8. The van der Waals surface area contributed by atoms with Crippen LogP contribution in [0, 0.1) is 0 Å². The van der Waals surface area contributed by atoms with E-state index in [0.717, 1.165) is 44.6 Å². The lowest BCUT2D eigenvalue weighted by molar-refractivity contribution is 1.08. The van der Waals surface area contributed by atoms with Crippen LogP contribution in [0.4, 0.5) is 0 Å². The summed E-state index contributed by atoms with van der Waals surface area (Å²) >= 11 is 1.82. The van der Waals surface area contributed by atoms with Gasteiger partial charge in [-0.15, -0.1) is 11.3 Å². The molecular formula is C58H34N4S. The Hall–Kier alpha value is -8.12. The molecular weight excluding hydrogens is 785 g/mol. The molecule has 0 N–H and O–H groups in total. The van der Waals surface area contributed by atoms with Gasteiger partial charge in [-0.1, -0.05) is 152 Å². The maximum atomic E-state index is 5.71. The standard InChI is InChI=1S/C58H34N4S/c1-2-14-35(15-3-1)38-26-29-43-42-20-9-12-24-49(42)62(52(43)32-38)58-45-22-8-11-23-48(45)59-57(60-58)47-34-39(33-46-44-21-10-13-25-53(44)63-56(46)47)61-50-30-27-36-16-4-6-18-40(36)54(50)55-41-19-7-5-17-37(41)28-31-51(55)61/h1-34H. The minimum atomic E-state index is 0.698. The van der Waals surface area contributed by atoms with Gasteiger partial charge in [-0.05, 0) is 87.3 Å². The van der Waals surface area contributed by atoms with Gasteiger partial charge in [0, 0.05) is 58.4 Å². The van der Waals surface area contributed by atoms with Gasteiger partial charge < -0.3 is 4.57 Å². The number of aromatic nitrogens is 4. The number of para-hydroxylation sites is 2. The van der Waals surface area contributed by atoms with Gasteiger partial charge in [-0.3, -0.25) is 4.57 Å². The molecule has 4 aromatic heterocycles. The lowest BCUT2D eigenvalue weighted by atomic mass is 10.00. The Morgan fingerprint density at radius 1 is 0.365 bits per heavy atom. The summed E-state index contributed by atoms with van der Waals surface area (Å²) in [5.74, 6) is 1.56. The third-order valence-electron chi connectivity index (χ3n) is 13.1. The van der Waals surface area contributed by atoms with E-state index in [1.165, 1.54) is 79.9 Å². The second-order valence-electron chi connectivity index (χ2n) is 16.5. The van der Waals surface area contributed by atoms with Crippen molar-refractivity contribution in [3.8, 4) is 34.0 Å². The zero-order chi connectivity index (χ0) is 41.2. The van der Waals surface area contributed by atoms with E-state index in [9.17, 15) is 0 Å². The molecule has 4 nitrogen and oxygen atoms in total. The molecule has 0 saturated heterocycles. The molecule has 0 spiro atoms. The Morgan fingerprint density at radius 2 is 0.984 bits per heavy atom. The van der Waals surface area contributed by atoms with Gasteiger partial charge in [-0.25, -0.2) is 9.97 Å². The Balaban J connectivity index is 1.10. The van der Waals surface area contributed by atoms with E-state index in [1.807, 2.05) is 11.3 Å². The summed E-state index contributed by atoms with van der Waals surface area (Å²) < 4.78 is 7.24. The summed E-state index contributed by atoms with van der Waals surface area (Å²) in [5, 5.41) is 13.3. The van der Waals surface area contributed by atoms with Crippen molar-refractivity contribution in [1.29, 1.82) is 0 Å². The Morgan fingerprint density at radius 3 is 1.75 bits per heavy atom. The van der Waals surface area contributed by atoms with E-state index >= 15 is 0 Å². The predicted octanol–water partition coefficient (Wildman–Crippen LogP) is 15.8. The molecule has 0 fully saturated rings. The zero-order valence-corrected chi connectivity index (χ0v) is 34.6. The number of hydrogen-bond donors (Lipinski definition) is 0. The average Bonchev–Trinajstić information content (AvgIpc) is 4.01. The van der Waals surface area contributed by atoms with Gasteiger partial charge in [0.15, 0.2) is 5.82 Å². The molecule has 4 heterocycles. The van der Waals surface area contributed by atoms with Crippen LogP contribution < -0.4 is 0 Å². The fraction of sp³-hybridized carbons (Fsp3) is 0. The predicted molar refractivity (Wildman–Crippen MR) is 267 cm³/mol. The minimum Gasteiger partial charge on any atom is -0.309 e. The molecule has 0 aliphatic heterocycles. The molecule has 0 bridgehead atoms. The average molecular weight is 819 g/mol. The zero-order valence-electron chi connectivity index (χ0n) is 33.8. The van der Waals surface area contributed by atoms with Crippen LogP contribution in [0.15, 0.2) is 206 Å². The molecule has 0 aliphatic rings. The minimum absolute atomic E-state index is 0.698. The van der Waals surface area contributed by atoms with Gasteiger partial charge in [0.25, 0.3) is 0 Å². The van der Waals surface area contributed by atoms with Crippen LogP contribution in [0.1, 0.15) is 0 Å². The van der Waals surface area contributed by atoms with Crippen LogP contribution in [0.2, 0.25) is 0 Å². The molecule has 14 rings (SSSR count). The summed E-state index contributed by atoms with van der Waals surface area (Å²) in [4.78, 5) is 11.2. The van der Waals surface area contributed by atoms with Crippen LogP contribution >= 0.6 is 11.3 Å². The number of thiophene rings is 1. The fourth-order valence-electron chi connectivity index (χ4n) is 10.3. The van der Waals surface area contributed by atoms with Crippen molar-refractivity contribution in [3.05, 3.63) is 206 Å². The van der Waals surface area contributed by atoms with Gasteiger partial charge in [0.1, 0.15) is 5.82 Å². The van der Waals surface area contributed by atoms with Crippen molar-refractivity contribution in [3.63, 3.8) is 0 Å². The van der Waals surface area contributed by atoms with E-state index < -0.39 is 0 Å². The number of benzene rings is 10. The van der Waals surface area contributed by atoms with Crippen LogP contribution in [-0.2, 0) is 0 Å². The third-order valence-corrected chi connectivity index (χ3v) is 14.3. The first-order valence-electron chi connectivity index (χ1n) is 21.4. The van der Waals surface area contributed by atoms with Crippen molar-refractivity contribution in [2.24, 2.45) is 0 Å². The highest BCUT2D eigenvalue weighted by molar-refractivity contribution is 7.26. The van der Waals surface area contributed by atoms with Crippen molar-refractivity contribution in [2.75, 3.05) is 0 Å². The second-order valence-corrected chi connectivity index (χ2v) is 17.6. The van der Waals surface area contributed by atoms with Crippen molar-refractivity contribution >= 4 is 108 Å². The quantitative estimate of drug-likeness (QED) is 0.177. The summed E-state index contributed by atoms with van der Waals surface area (Å²) in [6.07, 6.45) is 0. The molecule has 14 aromatic rings. The number of nitrogens with zero attached hydrogens (tertiary/aromatic N) is 4. The fourth-order valence-corrected chi connectivity index (χ4v) is 11.5. The number of fused-ring (bicyclic) bond motifs is 14. The topological polar surface area (TPSA) is 35.6 Å². The van der Waals surface area contributed by atoms with E-state index in [0.29, 0.717) is 5.82 Å². The highest BCUT2D eigenvalue weighted by Crippen LogP contribution is 2.46. The first-order chi connectivity index (χ1) is 31.2. The summed E-state index contributed by atoms with van der Waals surface area (Å²) in [5.41, 5.74) is 9.89. The molecule has 0 radical (unpaired) electrons. The highest BCUT2D eigenvalue weighted by atomic mass is 32.1. The molecule has 0 amide bonds. The molecule has 292 valence electrons. The van der Waals surface area contributed by atoms with E-state index in [-0.39, 0.29) is 0 Å². The van der Waals surface area contributed by atoms with Gasteiger partial charge in [0.05, 0.1) is 27.6 Å². The maximum Gasteiger partial charge on any atom is 0.163 e. The smallest absolute Gasteiger partial charge is 0.163 e. The van der Waals surface area contributed by atoms with Crippen LogP contribution in [0.25, 0.3) is 130 Å².